The second-order valence-corrected chi connectivity index (χ2v) is 4.04. The molecule has 0 bridgehead atoms. The lowest BCUT2D eigenvalue weighted by Crippen LogP contribution is -2.14. The van der Waals surface area contributed by atoms with Crippen molar-refractivity contribution in [2.75, 3.05) is 5.32 Å². The Balaban J connectivity index is 2.24. The molecule has 2 aromatic rings. The quantitative estimate of drug-likeness (QED) is 0.735. The van der Waals surface area contributed by atoms with Crippen LogP contribution in [0, 0.1) is 11.3 Å². The van der Waals surface area contributed by atoms with Crippen molar-refractivity contribution in [3.63, 3.8) is 0 Å². The van der Waals surface area contributed by atoms with Crippen LogP contribution in [0.2, 0.25) is 0 Å². The molecule has 0 fully saturated rings. The summed E-state index contributed by atoms with van der Waals surface area (Å²) in [5.74, 6) is -2.07. The van der Waals surface area contributed by atoms with Crippen LogP contribution in [0.25, 0.3) is 0 Å². The van der Waals surface area contributed by atoms with E-state index in [2.05, 4.69) is 10.3 Å². The van der Waals surface area contributed by atoms with Crippen LogP contribution in [0.15, 0.2) is 36.5 Å². The number of phenols is 1. The largest absolute Gasteiger partial charge is 0.506 e. The zero-order valence-electron chi connectivity index (χ0n) is 10.6. The SMILES string of the molecule is N#Cc1ccc(C(=O)Nc2cc(C(=O)O)ccc2O)nc1. The van der Waals surface area contributed by atoms with Crippen molar-refractivity contribution in [1.29, 1.82) is 5.26 Å². The van der Waals surface area contributed by atoms with Gasteiger partial charge in [0.05, 0.1) is 16.8 Å². The molecule has 0 spiro atoms. The van der Waals surface area contributed by atoms with Gasteiger partial charge in [-0.25, -0.2) is 9.78 Å². The summed E-state index contributed by atoms with van der Waals surface area (Å²) in [6, 6.07) is 8.18. The van der Waals surface area contributed by atoms with Gasteiger partial charge in [-0.05, 0) is 30.3 Å². The van der Waals surface area contributed by atoms with Crippen LogP contribution >= 0.6 is 0 Å². The molecule has 0 aliphatic heterocycles. The van der Waals surface area contributed by atoms with Crippen molar-refractivity contribution in [2.24, 2.45) is 0 Å². The predicted octanol–water partition coefficient (Wildman–Crippen LogP) is 1.61. The number of pyridine rings is 1. The Morgan fingerprint density at radius 2 is 2.00 bits per heavy atom. The lowest BCUT2D eigenvalue weighted by atomic mass is 10.2. The molecule has 21 heavy (non-hydrogen) atoms. The number of carboxylic acids is 1. The van der Waals surface area contributed by atoms with Gasteiger partial charge in [-0.1, -0.05) is 0 Å². The van der Waals surface area contributed by atoms with Crippen LogP contribution in [0.3, 0.4) is 0 Å². The van der Waals surface area contributed by atoms with Crippen LogP contribution in [-0.2, 0) is 0 Å². The van der Waals surface area contributed by atoms with E-state index in [9.17, 15) is 14.7 Å². The standard InChI is InChI=1S/C14H9N3O4/c15-6-8-1-3-10(16-7-8)13(19)17-11-5-9(14(20)21)2-4-12(11)18/h1-5,7,18H,(H,17,19)(H,20,21). The minimum absolute atomic E-state index is 0.0361. The number of nitrogens with one attached hydrogen (secondary N) is 1. The molecule has 1 heterocycles. The molecule has 1 aromatic heterocycles. The molecular formula is C14H9N3O4. The number of amides is 1. The molecule has 0 saturated carbocycles. The maximum absolute atomic E-state index is 11.9. The van der Waals surface area contributed by atoms with Gasteiger partial charge in [-0.15, -0.1) is 0 Å². The zero-order valence-corrected chi connectivity index (χ0v) is 10.6. The summed E-state index contributed by atoms with van der Waals surface area (Å²) in [5, 5.41) is 29.5. The first kappa shape index (κ1) is 14.0. The van der Waals surface area contributed by atoms with E-state index >= 15 is 0 Å². The molecule has 0 radical (unpaired) electrons. The molecule has 7 heteroatoms. The molecular weight excluding hydrogens is 274 g/mol. The van der Waals surface area contributed by atoms with E-state index in [-0.39, 0.29) is 22.7 Å². The summed E-state index contributed by atoms with van der Waals surface area (Å²) < 4.78 is 0. The number of benzene rings is 1. The second-order valence-electron chi connectivity index (χ2n) is 4.04. The topological polar surface area (TPSA) is 123 Å². The summed E-state index contributed by atoms with van der Waals surface area (Å²) in [5.41, 5.74) is 0.235. The first-order valence-corrected chi connectivity index (χ1v) is 5.75. The number of hydrogen-bond acceptors (Lipinski definition) is 5. The van der Waals surface area contributed by atoms with Crippen molar-refractivity contribution in [2.45, 2.75) is 0 Å². The van der Waals surface area contributed by atoms with Crippen molar-refractivity contribution in [3.05, 3.63) is 53.3 Å². The third-order valence-electron chi connectivity index (χ3n) is 2.62. The highest BCUT2D eigenvalue weighted by atomic mass is 16.4. The highest BCUT2D eigenvalue weighted by molar-refractivity contribution is 6.04. The number of aromatic carboxylic acids is 1. The Labute approximate surface area is 119 Å². The number of hydrogen-bond donors (Lipinski definition) is 3. The normalized spacial score (nSPS) is 9.67. The molecule has 3 N–H and O–H groups in total. The molecule has 0 unspecified atom stereocenters. The third-order valence-corrected chi connectivity index (χ3v) is 2.62. The van der Waals surface area contributed by atoms with Gasteiger partial charge < -0.3 is 15.5 Å². The Hall–Kier alpha value is -3.40. The number of phenolic OH excluding ortho intramolecular Hbond substituents is 1. The number of nitrogens with zero attached hydrogens (tertiary/aromatic N) is 2. The fourth-order valence-corrected chi connectivity index (χ4v) is 1.55. The minimum atomic E-state index is -1.18. The first-order chi connectivity index (χ1) is 10.0. The van der Waals surface area contributed by atoms with E-state index in [1.165, 1.54) is 30.5 Å². The average Bonchev–Trinajstić information content (AvgIpc) is 2.49. The molecule has 0 atom stereocenters. The number of nitriles is 1. The smallest absolute Gasteiger partial charge is 0.335 e. The molecule has 0 aliphatic rings. The van der Waals surface area contributed by atoms with Crippen LogP contribution < -0.4 is 5.32 Å². The third kappa shape index (κ3) is 3.13. The maximum atomic E-state index is 11.9. The highest BCUT2D eigenvalue weighted by Crippen LogP contribution is 2.24. The Bertz CT molecular complexity index is 748. The lowest BCUT2D eigenvalue weighted by Gasteiger charge is -2.07. The van der Waals surface area contributed by atoms with Crippen LogP contribution in [-0.4, -0.2) is 27.1 Å². The second kappa shape index (κ2) is 5.71. The molecule has 1 aromatic carbocycles. The summed E-state index contributed by atoms with van der Waals surface area (Å²) in [4.78, 5) is 26.6. The average molecular weight is 283 g/mol. The number of carbonyl (C=O) groups is 2. The highest BCUT2D eigenvalue weighted by Gasteiger charge is 2.13. The summed E-state index contributed by atoms with van der Waals surface area (Å²) in [6.45, 7) is 0. The van der Waals surface area contributed by atoms with Crippen molar-refractivity contribution in [3.8, 4) is 11.8 Å². The van der Waals surface area contributed by atoms with Gasteiger partial charge in [0.25, 0.3) is 5.91 Å². The summed E-state index contributed by atoms with van der Waals surface area (Å²) in [7, 11) is 0. The van der Waals surface area contributed by atoms with Crippen molar-refractivity contribution >= 4 is 17.6 Å². The van der Waals surface area contributed by atoms with Crippen LogP contribution in [0.1, 0.15) is 26.4 Å². The van der Waals surface area contributed by atoms with Crippen LogP contribution in [0.5, 0.6) is 5.75 Å². The molecule has 7 nitrogen and oxygen atoms in total. The number of aromatic nitrogens is 1. The molecule has 2 rings (SSSR count). The molecule has 1 amide bonds. The number of aromatic hydroxyl groups is 1. The minimum Gasteiger partial charge on any atom is -0.506 e. The number of carbonyl (C=O) groups excluding carboxylic acids is 1. The van der Waals surface area contributed by atoms with Gasteiger partial charge in [0.2, 0.25) is 0 Å². The van der Waals surface area contributed by atoms with Gasteiger partial charge in [0.1, 0.15) is 17.5 Å². The summed E-state index contributed by atoms with van der Waals surface area (Å²) in [6.07, 6.45) is 1.24. The van der Waals surface area contributed by atoms with Gasteiger partial charge >= 0.3 is 5.97 Å². The summed E-state index contributed by atoms with van der Waals surface area (Å²) >= 11 is 0. The molecule has 0 aliphatic carbocycles. The Morgan fingerprint density at radius 1 is 1.24 bits per heavy atom. The number of anilines is 1. The zero-order chi connectivity index (χ0) is 15.4. The van der Waals surface area contributed by atoms with E-state index in [1.54, 1.807) is 0 Å². The predicted molar refractivity (Wildman–Crippen MR) is 72.0 cm³/mol. The fourth-order valence-electron chi connectivity index (χ4n) is 1.55. The number of carboxylic acid groups (broad SMARTS) is 1. The Kier molecular flexibility index (Phi) is 3.81. The molecule has 104 valence electrons. The van der Waals surface area contributed by atoms with Gasteiger partial charge in [0, 0.05) is 6.20 Å². The van der Waals surface area contributed by atoms with Gasteiger partial charge in [-0.2, -0.15) is 5.26 Å². The maximum Gasteiger partial charge on any atom is 0.335 e. The van der Waals surface area contributed by atoms with E-state index in [0.717, 1.165) is 6.07 Å². The lowest BCUT2D eigenvalue weighted by molar-refractivity contribution is 0.0696. The van der Waals surface area contributed by atoms with Gasteiger partial charge in [0.15, 0.2) is 0 Å². The number of rotatable bonds is 3. The van der Waals surface area contributed by atoms with Crippen molar-refractivity contribution in [1.82, 2.24) is 4.98 Å². The Morgan fingerprint density at radius 3 is 2.57 bits per heavy atom. The monoisotopic (exact) mass is 283 g/mol. The van der Waals surface area contributed by atoms with Crippen molar-refractivity contribution < 1.29 is 19.8 Å². The molecule has 0 saturated heterocycles. The van der Waals surface area contributed by atoms with E-state index < -0.39 is 11.9 Å². The van der Waals surface area contributed by atoms with Gasteiger partial charge in [-0.3, -0.25) is 4.79 Å². The van der Waals surface area contributed by atoms with E-state index in [1.807, 2.05) is 6.07 Å². The van der Waals surface area contributed by atoms with E-state index in [4.69, 9.17) is 10.4 Å². The fraction of sp³-hybridized carbons (Fsp3) is 0. The van der Waals surface area contributed by atoms with Crippen LogP contribution in [0.4, 0.5) is 5.69 Å². The van der Waals surface area contributed by atoms with E-state index in [0.29, 0.717) is 5.56 Å². The first-order valence-electron chi connectivity index (χ1n) is 5.75.